The van der Waals surface area contributed by atoms with Crippen LogP contribution in [0.4, 0.5) is 5.82 Å². The van der Waals surface area contributed by atoms with Crippen molar-refractivity contribution >= 4 is 11.7 Å². The van der Waals surface area contributed by atoms with Crippen LogP contribution in [0, 0.1) is 0 Å². The van der Waals surface area contributed by atoms with Crippen molar-refractivity contribution in [3.05, 3.63) is 23.9 Å². The van der Waals surface area contributed by atoms with Crippen molar-refractivity contribution in [2.75, 3.05) is 25.5 Å². The van der Waals surface area contributed by atoms with Crippen LogP contribution < -0.4 is 5.32 Å². The molecule has 19 heavy (non-hydrogen) atoms. The molecule has 1 aromatic rings. The maximum atomic E-state index is 12.5. The largest absolute Gasteiger partial charge is 0.396 e. The number of likely N-dealkylation sites (tertiary alicyclic amines) is 1. The van der Waals surface area contributed by atoms with Crippen LogP contribution in [0.15, 0.2) is 18.3 Å². The Morgan fingerprint density at radius 3 is 3.16 bits per heavy atom. The summed E-state index contributed by atoms with van der Waals surface area (Å²) in [6.07, 6.45) is 5.46. The van der Waals surface area contributed by atoms with Gasteiger partial charge in [-0.05, 0) is 37.8 Å². The maximum Gasteiger partial charge on any atom is 0.254 e. The summed E-state index contributed by atoms with van der Waals surface area (Å²) >= 11 is 0. The number of pyridine rings is 1. The van der Waals surface area contributed by atoms with Crippen LogP contribution in [0.25, 0.3) is 0 Å². The quantitative estimate of drug-likeness (QED) is 0.864. The van der Waals surface area contributed by atoms with Crippen molar-refractivity contribution in [3.8, 4) is 0 Å². The van der Waals surface area contributed by atoms with E-state index in [2.05, 4.69) is 10.3 Å². The summed E-state index contributed by atoms with van der Waals surface area (Å²) in [7, 11) is 1.78. The number of nitrogens with one attached hydrogen (secondary N) is 1. The number of piperidine rings is 1. The number of carbonyl (C=O) groups excluding carboxylic acids is 1. The first-order chi connectivity index (χ1) is 9.26. The van der Waals surface area contributed by atoms with E-state index in [4.69, 9.17) is 5.11 Å². The molecule has 1 unspecified atom stereocenters. The lowest BCUT2D eigenvalue weighted by atomic mass is 9.98. The van der Waals surface area contributed by atoms with E-state index >= 15 is 0 Å². The van der Waals surface area contributed by atoms with Crippen LogP contribution >= 0.6 is 0 Å². The highest BCUT2D eigenvalue weighted by Gasteiger charge is 2.27. The molecule has 0 radical (unpaired) electrons. The second kappa shape index (κ2) is 6.52. The molecule has 0 spiro atoms. The van der Waals surface area contributed by atoms with Crippen molar-refractivity contribution in [1.82, 2.24) is 9.88 Å². The summed E-state index contributed by atoms with van der Waals surface area (Å²) in [5.41, 5.74) is 0.657. The van der Waals surface area contributed by atoms with E-state index in [-0.39, 0.29) is 18.6 Å². The van der Waals surface area contributed by atoms with Gasteiger partial charge in [-0.15, -0.1) is 0 Å². The highest BCUT2D eigenvalue weighted by atomic mass is 16.3. The number of nitrogens with zero attached hydrogens (tertiary/aromatic N) is 2. The highest BCUT2D eigenvalue weighted by Crippen LogP contribution is 2.22. The Morgan fingerprint density at radius 1 is 1.58 bits per heavy atom. The lowest BCUT2D eigenvalue weighted by Crippen LogP contribution is -2.44. The minimum atomic E-state index is 0.0389. The van der Waals surface area contributed by atoms with Crippen molar-refractivity contribution in [3.63, 3.8) is 0 Å². The van der Waals surface area contributed by atoms with Crippen molar-refractivity contribution in [1.29, 1.82) is 0 Å². The number of amides is 1. The number of rotatable bonds is 4. The van der Waals surface area contributed by atoms with Gasteiger partial charge in [0.2, 0.25) is 0 Å². The number of aliphatic hydroxyl groups is 1. The Bertz CT molecular complexity index is 434. The molecule has 104 valence electrons. The summed E-state index contributed by atoms with van der Waals surface area (Å²) in [4.78, 5) is 18.6. The lowest BCUT2D eigenvalue weighted by Gasteiger charge is -2.35. The zero-order chi connectivity index (χ0) is 13.7. The zero-order valence-electron chi connectivity index (χ0n) is 11.3. The zero-order valence-corrected chi connectivity index (χ0v) is 11.3. The molecule has 2 heterocycles. The fraction of sp³-hybridized carbons (Fsp3) is 0.571. The fourth-order valence-electron chi connectivity index (χ4n) is 2.58. The molecule has 1 fully saturated rings. The molecule has 1 atom stereocenters. The predicted molar refractivity (Wildman–Crippen MR) is 74.2 cm³/mol. The molecule has 5 heteroatoms. The van der Waals surface area contributed by atoms with E-state index in [1.807, 2.05) is 4.90 Å². The Morgan fingerprint density at radius 2 is 2.42 bits per heavy atom. The van der Waals surface area contributed by atoms with E-state index in [0.29, 0.717) is 17.8 Å². The van der Waals surface area contributed by atoms with Gasteiger partial charge in [0.1, 0.15) is 5.82 Å². The van der Waals surface area contributed by atoms with Gasteiger partial charge in [0, 0.05) is 38.0 Å². The normalized spacial score (nSPS) is 19.3. The molecule has 2 rings (SSSR count). The smallest absolute Gasteiger partial charge is 0.254 e. The average molecular weight is 263 g/mol. The van der Waals surface area contributed by atoms with Crippen LogP contribution in [-0.2, 0) is 0 Å². The van der Waals surface area contributed by atoms with E-state index in [9.17, 15) is 4.79 Å². The van der Waals surface area contributed by atoms with Crippen molar-refractivity contribution in [2.45, 2.75) is 31.7 Å². The molecule has 0 bridgehead atoms. The van der Waals surface area contributed by atoms with Crippen LogP contribution in [0.3, 0.4) is 0 Å². The van der Waals surface area contributed by atoms with E-state index in [1.165, 1.54) is 0 Å². The first kappa shape index (κ1) is 13.8. The van der Waals surface area contributed by atoms with E-state index in [0.717, 1.165) is 25.8 Å². The van der Waals surface area contributed by atoms with Crippen LogP contribution in [0.5, 0.6) is 0 Å². The molecule has 0 aliphatic carbocycles. The molecule has 0 saturated carbocycles. The van der Waals surface area contributed by atoms with Crippen molar-refractivity contribution < 1.29 is 9.90 Å². The number of aromatic nitrogens is 1. The van der Waals surface area contributed by atoms with Crippen LogP contribution in [-0.4, -0.2) is 47.1 Å². The van der Waals surface area contributed by atoms with Gasteiger partial charge < -0.3 is 15.3 Å². The van der Waals surface area contributed by atoms with E-state index < -0.39 is 0 Å². The summed E-state index contributed by atoms with van der Waals surface area (Å²) < 4.78 is 0. The van der Waals surface area contributed by atoms with Gasteiger partial charge in [0.05, 0.1) is 0 Å². The Hall–Kier alpha value is -1.62. The number of aliphatic hydroxyl groups excluding tert-OH is 1. The monoisotopic (exact) mass is 263 g/mol. The molecule has 2 N–H and O–H groups in total. The van der Waals surface area contributed by atoms with Gasteiger partial charge in [0.15, 0.2) is 0 Å². The van der Waals surface area contributed by atoms with E-state index in [1.54, 1.807) is 25.4 Å². The SMILES string of the molecule is CNc1cc(C(=O)N2CCCCC2CCO)ccn1. The van der Waals surface area contributed by atoms with Gasteiger partial charge in [-0.25, -0.2) is 4.98 Å². The van der Waals surface area contributed by atoms with Crippen molar-refractivity contribution in [2.24, 2.45) is 0 Å². The van der Waals surface area contributed by atoms with Gasteiger partial charge in [-0.3, -0.25) is 4.79 Å². The van der Waals surface area contributed by atoms with Gasteiger partial charge in [-0.1, -0.05) is 0 Å². The first-order valence-corrected chi connectivity index (χ1v) is 6.82. The second-order valence-corrected chi connectivity index (χ2v) is 4.84. The van der Waals surface area contributed by atoms with Crippen LogP contribution in [0.1, 0.15) is 36.0 Å². The third-order valence-electron chi connectivity index (χ3n) is 3.61. The molecule has 0 aromatic carbocycles. The van der Waals surface area contributed by atoms with Gasteiger partial charge in [-0.2, -0.15) is 0 Å². The minimum absolute atomic E-state index is 0.0389. The summed E-state index contributed by atoms with van der Waals surface area (Å²) in [6.45, 7) is 0.910. The Labute approximate surface area is 113 Å². The topological polar surface area (TPSA) is 65.5 Å². The Kier molecular flexibility index (Phi) is 4.74. The minimum Gasteiger partial charge on any atom is -0.396 e. The number of hydrogen-bond donors (Lipinski definition) is 2. The molecular formula is C14H21N3O2. The molecule has 1 aliphatic rings. The second-order valence-electron chi connectivity index (χ2n) is 4.84. The summed E-state index contributed by atoms with van der Waals surface area (Å²) in [5.74, 6) is 0.735. The highest BCUT2D eigenvalue weighted by molar-refractivity contribution is 5.95. The standard InChI is InChI=1S/C14H21N3O2/c1-15-13-10-11(5-7-16-13)14(19)17-8-3-2-4-12(17)6-9-18/h5,7,10,12,18H,2-4,6,8-9H2,1H3,(H,15,16). The molecule has 1 amide bonds. The third kappa shape index (κ3) is 3.23. The molecule has 1 aromatic heterocycles. The maximum absolute atomic E-state index is 12.5. The number of anilines is 1. The molecular weight excluding hydrogens is 242 g/mol. The molecule has 1 aliphatic heterocycles. The van der Waals surface area contributed by atoms with Gasteiger partial charge >= 0.3 is 0 Å². The summed E-state index contributed by atoms with van der Waals surface area (Å²) in [6, 6.07) is 3.68. The first-order valence-electron chi connectivity index (χ1n) is 6.82. The number of hydrogen-bond acceptors (Lipinski definition) is 4. The predicted octanol–water partition coefficient (Wildman–Crippen LogP) is 1.50. The molecule has 1 saturated heterocycles. The average Bonchev–Trinajstić information content (AvgIpc) is 2.47. The molecule has 5 nitrogen and oxygen atoms in total. The lowest BCUT2D eigenvalue weighted by molar-refractivity contribution is 0.0574. The summed E-state index contributed by atoms with van der Waals surface area (Å²) in [5, 5.41) is 12.1. The third-order valence-corrected chi connectivity index (χ3v) is 3.61. The van der Waals surface area contributed by atoms with Crippen LogP contribution in [0.2, 0.25) is 0 Å². The number of carbonyl (C=O) groups is 1. The fourth-order valence-corrected chi connectivity index (χ4v) is 2.58. The van der Waals surface area contributed by atoms with Gasteiger partial charge in [0.25, 0.3) is 5.91 Å². The Balaban J connectivity index is 2.16.